The fourth-order valence-corrected chi connectivity index (χ4v) is 4.85. The van der Waals surface area contributed by atoms with Crippen molar-refractivity contribution in [2.24, 2.45) is 0 Å². The van der Waals surface area contributed by atoms with Crippen LogP contribution in [0.3, 0.4) is 0 Å². The molecule has 1 heterocycles. The van der Waals surface area contributed by atoms with Gasteiger partial charge in [0.15, 0.2) is 0 Å². The maximum absolute atomic E-state index is 13.2. The number of thioether (sulfide) groups is 1. The molecular weight excluding hydrogens is 420 g/mol. The molecular formula is C26H26N2O3S. The Kier molecular flexibility index (Phi) is 7.12. The molecule has 0 spiro atoms. The molecule has 4 rings (SSSR count). The van der Waals surface area contributed by atoms with Crippen LogP contribution < -0.4 is 10.1 Å². The molecule has 1 N–H and O–H groups in total. The number of hydrogen-bond donors (Lipinski definition) is 1. The molecule has 3 aromatic carbocycles. The van der Waals surface area contributed by atoms with Crippen molar-refractivity contribution in [3.8, 4) is 5.75 Å². The molecule has 32 heavy (non-hydrogen) atoms. The molecule has 164 valence electrons. The van der Waals surface area contributed by atoms with Crippen LogP contribution in [0.4, 0.5) is 0 Å². The molecule has 0 aliphatic carbocycles. The van der Waals surface area contributed by atoms with E-state index < -0.39 is 6.04 Å². The lowest BCUT2D eigenvalue weighted by atomic mass is 10.1. The third-order valence-electron chi connectivity index (χ3n) is 5.54. The Morgan fingerprint density at radius 1 is 1.00 bits per heavy atom. The molecule has 0 fully saturated rings. The predicted molar refractivity (Wildman–Crippen MR) is 128 cm³/mol. The SMILES string of the molecule is COc1ccc(CNC(=O)[C@@H](CSCc2ccccc2)N2Cc3ccccc3C2=O)cc1. The number of nitrogens with zero attached hydrogens (tertiary/aromatic N) is 1. The van der Waals surface area contributed by atoms with Crippen molar-refractivity contribution < 1.29 is 14.3 Å². The number of hydrogen-bond acceptors (Lipinski definition) is 4. The first-order valence-electron chi connectivity index (χ1n) is 10.6. The van der Waals surface area contributed by atoms with Gasteiger partial charge in [0.2, 0.25) is 5.91 Å². The first kappa shape index (κ1) is 22.0. The number of carbonyl (C=O) groups is 2. The van der Waals surface area contributed by atoms with Crippen molar-refractivity contribution in [3.63, 3.8) is 0 Å². The molecule has 0 aromatic heterocycles. The van der Waals surface area contributed by atoms with Gasteiger partial charge in [-0.2, -0.15) is 11.8 Å². The molecule has 0 saturated carbocycles. The lowest BCUT2D eigenvalue weighted by Gasteiger charge is -2.27. The van der Waals surface area contributed by atoms with Crippen LogP contribution in [0.2, 0.25) is 0 Å². The number of amides is 2. The van der Waals surface area contributed by atoms with E-state index in [2.05, 4.69) is 17.4 Å². The highest BCUT2D eigenvalue weighted by Crippen LogP contribution is 2.26. The van der Waals surface area contributed by atoms with E-state index >= 15 is 0 Å². The Labute approximate surface area is 192 Å². The summed E-state index contributed by atoms with van der Waals surface area (Å²) >= 11 is 1.67. The van der Waals surface area contributed by atoms with Gasteiger partial charge < -0.3 is 15.0 Å². The minimum atomic E-state index is -0.540. The molecule has 1 aliphatic heterocycles. The van der Waals surface area contributed by atoms with Gasteiger partial charge in [-0.05, 0) is 34.9 Å². The average Bonchev–Trinajstić information content (AvgIpc) is 3.17. The van der Waals surface area contributed by atoms with E-state index in [9.17, 15) is 9.59 Å². The zero-order valence-corrected chi connectivity index (χ0v) is 18.8. The number of fused-ring (bicyclic) bond motifs is 1. The van der Waals surface area contributed by atoms with Gasteiger partial charge in [0.1, 0.15) is 11.8 Å². The fourth-order valence-electron chi connectivity index (χ4n) is 3.75. The molecule has 2 amide bonds. The molecule has 5 nitrogen and oxygen atoms in total. The Balaban J connectivity index is 1.45. The van der Waals surface area contributed by atoms with Crippen molar-refractivity contribution in [3.05, 3.63) is 101 Å². The van der Waals surface area contributed by atoms with Crippen molar-refractivity contribution in [2.45, 2.75) is 24.9 Å². The number of carbonyl (C=O) groups excluding carboxylic acids is 2. The summed E-state index contributed by atoms with van der Waals surface area (Å²) in [7, 11) is 1.62. The second-order valence-corrected chi connectivity index (χ2v) is 8.70. The predicted octanol–water partition coefficient (Wildman–Crippen LogP) is 4.27. The molecule has 6 heteroatoms. The number of methoxy groups -OCH3 is 1. The van der Waals surface area contributed by atoms with Crippen LogP contribution in [-0.2, 0) is 23.6 Å². The second kappa shape index (κ2) is 10.4. The largest absolute Gasteiger partial charge is 0.497 e. The average molecular weight is 447 g/mol. The number of benzene rings is 3. The maximum atomic E-state index is 13.2. The normalized spacial score (nSPS) is 13.5. The van der Waals surface area contributed by atoms with Crippen LogP contribution >= 0.6 is 11.8 Å². The van der Waals surface area contributed by atoms with Crippen molar-refractivity contribution in [2.75, 3.05) is 12.9 Å². The van der Waals surface area contributed by atoms with Gasteiger partial charge in [-0.25, -0.2) is 0 Å². The van der Waals surface area contributed by atoms with E-state index in [0.29, 0.717) is 24.4 Å². The summed E-state index contributed by atoms with van der Waals surface area (Å²) in [6, 6.07) is 24.8. The van der Waals surface area contributed by atoms with Gasteiger partial charge in [-0.3, -0.25) is 9.59 Å². The summed E-state index contributed by atoms with van der Waals surface area (Å²) in [6.45, 7) is 0.860. The van der Waals surface area contributed by atoms with E-state index in [1.165, 1.54) is 5.56 Å². The van der Waals surface area contributed by atoms with Crippen LogP contribution in [0, 0.1) is 0 Å². The van der Waals surface area contributed by atoms with Crippen LogP contribution in [0.25, 0.3) is 0 Å². The Morgan fingerprint density at radius 3 is 2.44 bits per heavy atom. The third-order valence-corrected chi connectivity index (χ3v) is 6.63. The lowest BCUT2D eigenvalue weighted by molar-refractivity contribution is -0.125. The standard InChI is InChI=1S/C26H26N2O3S/c1-31-22-13-11-19(12-14-22)15-27-25(29)24(18-32-17-20-7-3-2-4-8-20)28-16-21-9-5-6-10-23(21)26(28)30/h2-14,24H,15-18H2,1H3,(H,27,29)/t24-/m1/s1. The van der Waals surface area contributed by atoms with Crippen LogP contribution in [0.1, 0.15) is 27.0 Å². The molecule has 1 atom stereocenters. The van der Waals surface area contributed by atoms with E-state index in [-0.39, 0.29) is 11.8 Å². The van der Waals surface area contributed by atoms with Gasteiger partial charge in [0, 0.05) is 30.2 Å². The summed E-state index contributed by atoms with van der Waals surface area (Å²) in [6.07, 6.45) is 0. The van der Waals surface area contributed by atoms with Crippen LogP contribution in [0.5, 0.6) is 5.75 Å². The summed E-state index contributed by atoms with van der Waals surface area (Å²) in [5.74, 6) is 1.88. The second-order valence-electron chi connectivity index (χ2n) is 7.67. The van der Waals surface area contributed by atoms with Crippen molar-refractivity contribution in [1.29, 1.82) is 0 Å². The van der Waals surface area contributed by atoms with Crippen molar-refractivity contribution in [1.82, 2.24) is 10.2 Å². The smallest absolute Gasteiger partial charge is 0.255 e. The van der Waals surface area contributed by atoms with E-state index in [1.54, 1.807) is 23.8 Å². The quantitative estimate of drug-likeness (QED) is 0.533. The first-order valence-corrected chi connectivity index (χ1v) is 11.7. The number of rotatable bonds is 9. The molecule has 0 unspecified atom stereocenters. The summed E-state index contributed by atoms with van der Waals surface area (Å²) in [5.41, 5.74) is 3.84. The third kappa shape index (κ3) is 5.14. The van der Waals surface area contributed by atoms with Gasteiger partial charge in [-0.15, -0.1) is 0 Å². The zero-order valence-electron chi connectivity index (χ0n) is 18.0. The lowest BCUT2D eigenvalue weighted by Crippen LogP contribution is -2.48. The zero-order chi connectivity index (χ0) is 22.3. The molecule has 0 saturated heterocycles. The molecule has 3 aromatic rings. The van der Waals surface area contributed by atoms with Gasteiger partial charge >= 0.3 is 0 Å². The monoisotopic (exact) mass is 446 g/mol. The fraction of sp³-hybridized carbons (Fsp3) is 0.231. The van der Waals surface area contributed by atoms with Crippen LogP contribution in [-0.4, -0.2) is 35.6 Å². The Morgan fingerprint density at radius 2 is 1.72 bits per heavy atom. The first-order chi connectivity index (χ1) is 15.7. The van der Waals surface area contributed by atoms with E-state index in [0.717, 1.165) is 22.6 Å². The van der Waals surface area contributed by atoms with Gasteiger partial charge in [0.05, 0.1) is 7.11 Å². The molecule has 1 aliphatic rings. The highest BCUT2D eigenvalue weighted by molar-refractivity contribution is 7.98. The van der Waals surface area contributed by atoms with E-state index in [4.69, 9.17) is 4.74 Å². The molecule has 0 radical (unpaired) electrons. The number of nitrogens with one attached hydrogen (secondary N) is 1. The maximum Gasteiger partial charge on any atom is 0.255 e. The Hall–Kier alpha value is -3.25. The van der Waals surface area contributed by atoms with Gasteiger partial charge in [-0.1, -0.05) is 60.7 Å². The molecule has 0 bridgehead atoms. The van der Waals surface area contributed by atoms with Gasteiger partial charge in [0.25, 0.3) is 5.91 Å². The highest BCUT2D eigenvalue weighted by atomic mass is 32.2. The highest BCUT2D eigenvalue weighted by Gasteiger charge is 2.36. The summed E-state index contributed by atoms with van der Waals surface area (Å²) in [5, 5.41) is 3.02. The van der Waals surface area contributed by atoms with E-state index in [1.807, 2.05) is 66.7 Å². The van der Waals surface area contributed by atoms with Crippen molar-refractivity contribution >= 4 is 23.6 Å². The topological polar surface area (TPSA) is 58.6 Å². The minimum absolute atomic E-state index is 0.0782. The minimum Gasteiger partial charge on any atom is -0.497 e. The Bertz CT molecular complexity index is 1070. The summed E-state index contributed by atoms with van der Waals surface area (Å²) in [4.78, 5) is 28.0. The number of ether oxygens (including phenoxy) is 1. The van der Waals surface area contributed by atoms with Crippen LogP contribution in [0.15, 0.2) is 78.9 Å². The summed E-state index contributed by atoms with van der Waals surface area (Å²) < 4.78 is 5.19.